The number of aryl methyl sites for hydroxylation is 1. The van der Waals surface area contributed by atoms with Gasteiger partial charge in [0, 0.05) is 32.9 Å². The highest BCUT2D eigenvalue weighted by Gasteiger charge is 2.22. The molecule has 0 amide bonds. The van der Waals surface area contributed by atoms with Crippen LogP contribution in [0.15, 0.2) is 29.3 Å². The average Bonchev–Trinajstić information content (AvgIpc) is 3.16. The van der Waals surface area contributed by atoms with E-state index in [1.807, 2.05) is 18.5 Å². The highest BCUT2D eigenvalue weighted by Crippen LogP contribution is 2.27. The molecule has 0 saturated heterocycles. The van der Waals surface area contributed by atoms with Gasteiger partial charge in [-0.2, -0.15) is 0 Å². The molecule has 8 heteroatoms. The maximum atomic E-state index is 5.15. The van der Waals surface area contributed by atoms with Crippen LogP contribution in [0.1, 0.15) is 17.2 Å². The fourth-order valence-corrected chi connectivity index (χ4v) is 2.79. The summed E-state index contributed by atoms with van der Waals surface area (Å²) in [6.07, 6.45) is 1.03. The number of fused-ring (bicyclic) bond motifs is 1. The number of hydrogen-bond donors (Lipinski definition) is 1. The van der Waals surface area contributed by atoms with Crippen molar-refractivity contribution in [2.75, 3.05) is 31.7 Å². The molecule has 0 bridgehead atoms. The summed E-state index contributed by atoms with van der Waals surface area (Å²) in [4.78, 5) is 7.00. The molecule has 1 aliphatic rings. The van der Waals surface area contributed by atoms with Crippen LogP contribution < -0.4 is 10.2 Å². The Morgan fingerprint density at radius 2 is 2.12 bits per heavy atom. The number of halogens is 1. The van der Waals surface area contributed by atoms with E-state index in [1.165, 1.54) is 11.3 Å². The molecule has 7 nitrogen and oxygen atoms in total. The first-order chi connectivity index (χ1) is 11.7. The second kappa shape index (κ2) is 9.14. The number of methoxy groups -OCH3 is 1. The van der Waals surface area contributed by atoms with E-state index in [-0.39, 0.29) is 24.0 Å². The molecule has 0 spiro atoms. The number of aromatic nitrogens is 3. The lowest BCUT2D eigenvalue weighted by atomic mass is 10.2. The molecule has 1 aliphatic heterocycles. The molecule has 0 atom stereocenters. The molecule has 1 aromatic heterocycles. The number of nitrogens with one attached hydrogen (secondary N) is 1. The van der Waals surface area contributed by atoms with E-state index in [9.17, 15) is 0 Å². The van der Waals surface area contributed by atoms with Gasteiger partial charge in [0.05, 0.1) is 6.61 Å². The van der Waals surface area contributed by atoms with Gasteiger partial charge in [-0.25, -0.2) is 4.99 Å². The zero-order valence-electron chi connectivity index (χ0n) is 14.9. The third-order valence-corrected chi connectivity index (χ3v) is 4.29. The van der Waals surface area contributed by atoms with Gasteiger partial charge in [-0.15, -0.1) is 34.2 Å². The van der Waals surface area contributed by atoms with Crippen molar-refractivity contribution in [1.82, 2.24) is 20.1 Å². The molecule has 2 heterocycles. The molecule has 136 valence electrons. The first-order valence-electron chi connectivity index (χ1n) is 8.18. The van der Waals surface area contributed by atoms with Gasteiger partial charge in [-0.1, -0.05) is 18.2 Å². The Hall–Kier alpha value is -1.68. The molecule has 2 aromatic rings. The normalized spacial score (nSPS) is 13.6. The predicted molar refractivity (Wildman–Crippen MR) is 110 cm³/mol. The molecular formula is C17H25IN6O. The summed E-state index contributed by atoms with van der Waals surface area (Å²) in [7, 11) is 3.66. The van der Waals surface area contributed by atoms with E-state index >= 15 is 0 Å². The summed E-state index contributed by atoms with van der Waals surface area (Å²) in [5.74, 6) is 2.60. The van der Waals surface area contributed by atoms with Gasteiger partial charge in [-0.05, 0) is 25.0 Å². The Kier molecular flexibility index (Phi) is 7.18. The van der Waals surface area contributed by atoms with Crippen LogP contribution in [-0.2, 0) is 24.8 Å². The maximum Gasteiger partial charge on any atom is 0.199 e. The second-order valence-corrected chi connectivity index (χ2v) is 5.81. The number of para-hydroxylation sites is 1. The van der Waals surface area contributed by atoms with Crippen LogP contribution in [0.3, 0.4) is 0 Å². The van der Waals surface area contributed by atoms with Gasteiger partial charge in [0.2, 0.25) is 0 Å². The van der Waals surface area contributed by atoms with Crippen molar-refractivity contribution in [2.45, 2.75) is 19.9 Å². The largest absolute Gasteiger partial charge is 0.383 e. The lowest BCUT2D eigenvalue weighted by molar-refractivity contribution is 0.204. The van der Waals surface area contributed by atoms with Crippen LogP contribution in [0, 0.1) is 6.92 Å². The fourth-order valence-electron chi connectivity index (χ4n) is 2.79. The Labute approximate surface area is 165 Å². The highest BCUT2D eigenvalue weighted by molar-refractivity contribution is 14.0. The second-order valence-electron chi connectivity index (χ2n) is 5.81. The van der Waals surface area contributed by atoms with E-state index in [2.05, 4.69) is 44.7 Å². The van der Waals surface area contributed by atoms with E-state index in [4.69, 9.17) is 9.73 Å². The minimum Gasteiger partial charge on any atom is -0.383 e. The molecular weight excluding hydrogens is 431 g/mol. The lowest BCUT2D eigenvalue weighted by Gasteiger charge is -2.22. The third-order valence-electron chi connectivity index (χ3n) is 4.29. The number of ether oxygens (including phenoxy) is 1. The van der Waals surface area contributed by atoms with Gasteiger partial charge in [-0.3, -0.25) is 0 Å². The van der Waals surface area contributed by atoms with E-state index in [0.29, 0.717) is 19.7 Å². The number of anilines is 1. The number of aliphatic imine (C=N–C) groups is 1. The Bertz CT molecular complexity index is 730. The summed E-state index contributed by atoms with van der Waals surface area (Å²) in [5, 5.41) is 11.7. The molecule has 0 saturated carbocycles. The summed E-state index contributed by atoms with van der Waals surface area (Å²) >= 11 is 0. The quantitative estimate of drug-likeness (QED) is 0.322. The molecule has 0 unspecified atom stereocenters. The first kappa shape index (κ1) is 19.6. The fraction of sp³-hybridized carbons (Fsp3) is 0.471. The third kappa shape index (κ3) is 4.49. The molecule has 25 heavy (non-hydrogen) atoms. The number of rotatable bonds is 5. The van der Waals surface area contributed by atoms with Gasteiger partial charge in [0.25, 0.3) is 0 Å². The minimum atomic E-state index is 0. The first-order valence-corrected chi connectivity index (χ1v) is 8.18. The lowest BCUT2D eigenvalue weighted by Crippen LogP contribution is -2.42. The number of benzene rings is 1. The van der Waals surface area contributed by atoms with Gasteiger partial charge < -0.3 is 19.5 Å². The van der Waals surface area contributed by atoms with E-state index in [0.717, 1.165) is 30.6 Å². The van der Waals surface area contributed by atoms with Crippen molar-refractivity contribution in [3.05, 3.63) is 41.5 Å². The zero-order valence-corrected chi connectivity index (χ0v) is 17.2. The van der Waals surface area contributed by atoms with Gasteiger partial charge in [0.15, 0.2) is 11.8 Å². The molecule has 0 radical (unpaired) electrons. The van der Waals surface area contributed by atoms with Crippen molar-refractivity contribution in [2.24, 2.45) is 12.0 Å². The van der Waals surface area contributed by atoms with Crippen LogP contribution in [0.2, 0.25) is 0 Å². The summed E-state index contributed by atoms with van der Waals surface area (Å²) < 4.78 is 7.11. The predicted octanol–water partition coefficient (Wildman–Crippen LogP) is 1.90. The van der Waals surface area contributed by atoms with E-state index in [1.54, 1.807) is 7.11 Å². The van der Waals surface area contributed by atoms with E-state index < -0.39 is 0 Å². The standard InChI is InChI=1S/C17H24N6O.HI/c1-13-20-21-16(22(13)2)12-19-17(18-9-11-24-3)23-10-8-14-6-4-5-7-15(14)23;/h4-7H,8-12H2,1-3H3,(H,18,19);1H. The van der Waals surface area contributed by atoms with Crippen LogP contribution in [-0.4, -0.2) is 47.5 Å². The topological polar surface area (TPSA) is 67.6 Å². The van der Waals surface area contributed by atoms with Crippen molar-refractivity contribution in [3.63, 3.8) is 0 Å². The Balaban J connectivity index is 0.00000225. The number of guanidine groups is 1. The summed E-state index contributed by atoms with van der Waals surface area (Å²) in [6, 6.07) is 8.46. The Morgan fingerprint density at radius 3 is 2.84 bits per heavy atom. The van der Waals surface area contributed by atoms with Crippen LogP contribution >= 0.6 is 24.0 Å². The SMILES string of the molecule is COCCNC(=NCc1nnc(C)n1C)N1CCc2ccccc21.I. The monoisotopic (exact) mass is 456 g/mol. The Morgan fingerprint density at radius 1 is 1.32 bits per heavy atom. The van der Waals surface area contributed by atoms with Gasteiger partial charge >= 0.3 is 0 Å². The zero-order chi connectivity index (χ0) is 16.9. The van der Waals surface area contributed by atoms with Crippen molar-refractivity contribution < 1.29 is 4.74 Å². The maximum absolute atomic E-state index is 5.15. The van der Waals surface area contributed by atoms with Crippen molar-refractivity contribution >= 4 is 35.6 Å². The molecule has 1 aromatic carbocycles. The van der Waals surface area contributed by atoms with Crippen molar-refractivity contribution in [1.29, 1.82) is 0 Å². The van der Waals surface area contributed by atoms with Crippen LogP contribution in [0.5, 0.6) is 0 Å². The summed E-state index contributed by atoms with van der Waals surface area (Å²) in [5.41, 5.74) is 2.57. The highest BCUT2D eigenvalue weighted by atomic mass is 127. The van der Waals surface area contributed by atoms with Crippen LogP contribution in [0.4, 0.5) is 5.69 Å². The van der Waals surface area contributed by atoms with Gasteiger partial charge in [0.1, 0.15) is 12.4 Å². The minimum absolute atomic E-state index is 0. The molecule has 0 aliphatic carbocycles. The van der Waals surface area contributed by atoms with Crippen molar-refractivity contribution in [3.8, 4) is 0 Å². The molecule has 1 N–H and O–H groups in total. The average molecular weight is 456 g/mol. The number of nitrogens with zero attached hydrogens (tertiary/aromatic N) is 5. The summed E-state index contributed by atoms with van der Waals surface area (Å²) in [6.45, 7) is 4.71. The molecule has 0 fully saturated rings. The van der Waals surface area contributed by atoms with Crippen LogP contribution in [0.25, 0.3) is 0 Å². The number of hydrogen-bond acceptors (Lipinski definition) is 4. The smallest absolute Gasteiger partial charge is 0.199 e. The molecule has 3 rings (SSSR count).